The molecule has 0 saturated carbocycles. The number of rotatable bonds is 12. The van der Waals surface area contributed by atoms with Crippen LogP contribution in [0.1, 0.15) is 31.4 Å². The average Bonchev–Trinajstić information content (AvgIpc) is 2.92. The number of para-hydroxylation sites is 1. The van der Waals surface area contributed by atoms with Gasteiger partial charge in [-0.3, -0.25) is 9.59 Å². The third kappa shape index (κ3) is 9.66. The second kappa shape index (κ2) is 14.3. The van der Waals surface area contributed by atoms with Gasteiger partial charge < -0.3 is 31.7 Å². The Morgan fingerprint density at radius 2 is 1.61 bits per heavy atom. The van der Waals surface area contributed by atoms with Gasteiger partial charge in [-0.25, -0.2) is 13.6 Å². The Balaban J connectivity index is 1.66. The number of halogens is 2. The van der Waals surface area contributed by atoms with Crippen molar-refractivity contribution in [2.75, 3.05) is 19.0 Å². The first-order chi connectivity index (χ1) is 19.5. The number of amides is 4. The maximum absolute atomic E-state index is 14.0. The molecule has 3 aromatic carbocycles. The molecule has 0 aliphatic rings. The average molecular weight is 568 g/mol. The molecule has 0 fully saturated rings. The predicted octanol–water partition coefficient (Wildman–Crippen LogP) is 3.83. The number of nitrogens with one attached hydrogen (secondary N) is 4. The molecule has 0 saturated heterocycles. The lowest BCUT2D eigenvalue weighted by Gasteiger charge is -2.22. The fourth-order valence-corrected chi connectivity index (χ4v) is 3.93. The molecule has 3 rings (SSSR count). The highest BCUT2D eigenvalue weighted by molar-refractivity contribution is 5.94. The lowest BCUT2D eigenvalue weighted by molar-refractivity contribution is -0.131. The Hall–Kier alpha value is -4.35. The molecule has 0 unspecified atom stereocenters. The summed E-state index contributed by atoms with van der Waals surface area (Å²) in [5.41, 5.74) is 7.95. The Labute approximate surface area is 237 Å². The van der Waals surface area contributed by atoms with Crippen LogP contribution in [0.4, 0.5) is 19.3 Å². The topological polar surface area (TPSA) is 135 Å². The number of hydrogen-bond donors (Lipinski definition) is 5. The SMILES string of the molecule is CNC(=O)Nc1ccccc1-c1ccc(CNC(=O)[C@@H](COCc2c(F)cccc2F)NC(=O)CC(C)(C)N)cc1. The number of urea groups is 1. The molecule has 0 bridgehead atoms. The molecule has 0 heterocycles. The zero-order valence-electron chi connectivity index (χ0n) is 23.2. The van der Waals surface area contributed by atoms with E-state index < -0.39 is 41.6 Å². The minimum atomic E-state index is -1.12. The van der Waals surface area contributed by atoms with Gasteiger partial charge in [0.25, 0.3) is 0 Å². The van der Waals surface area contributed by atoms with Crippen molar-refractivity contribution in [3.8, 4) is 11.1 Å². The van der Waals surface area contributed by atoms with Gasteiger partial charge in [0.1, 0.15) is 17.7 Å². The van der Waals surface area contributed by atoms with E-state index in [1.54, 1.807) is 19.9 Å². The summed E-state index contributed by atoms with van der Waals surface area (Å²) in [7, 11) is 1.53. The molecule has 9 nitrogen and oxygen atoms in total. The molecule has 0 aliphatic heterocycles. The summed E-state index contributed by atoms with van der Waals surface area (Å²) < 4.78 is 33.4. The van der Waals surface area contributed by atoms with Gasteiger partial charge >= 0.3 is 6.03 Å². The second-order valence-corrected chi connectivity index (χ2v) is 10.2. The fourth-order valence-electron chi connectivity index (χ4n) is 3.93. The summed E-state index contributed by atoms with van der Waals surface area (Å²) in [6.07, 6.45) is -0.0452. The Morgan fingerprint density at radius 3 is 2.24 bits per heavy atom. The Kier molecular flexibility index (Phi) is 10.9. The van der Waals surface area contributed by atoms with E-state index in [-0.39, 0.29) is 31.2 Å². The first kappa shape index (κ1) is 31.2. The monoisotopic (exact) mass is 567 g/mol. The maximum atomic E-state index is 14.0. The number of carbonyl (C=O) groups is 3. The number of benzene rings is 3. The number of anilines is 1. The van der Waals surface area contributed by atoms with Gasteiger partial charge in [-0.15, -0.1) is 0 Å². The highest BCUT2D eigenvalue weighted by atomic mass is 19.1. The first-order valence-corrected chi connectivity index (χ1v) is 13.0. The van der Waals surface area contributed by atoms with E-state index in [0.717, 1.165) is 28.8 Å². The molecule has 4 amide bonds. The Morgan fingerprint density at radius 1 is 0.951 bits per heavy atom. The van der Waals surface area contributed by atoms with Crippen molar-refractivity contribution >= 4 is 23.5 Å². The molecule has 218 valence electrons. The Bertz CT molecular complexity index is 1340. The number of carbonyl (C=O) groups excluding carboxylic acids is 3. The summed E-state index contributed by atoms with van der Waals surface area (Å²) in [6, 6.07) is 16.7. The van der Waals surface area contributed by atoms with E-state index in [2.05, 4.69) is 21.3 Å². The summed E-state index contributed by atoms with van der Waals surface area (Å²) in [5, 5.41) is 10.7. The smallest absolute Gasteiger partial charge is 0.318 e. The number of hydrogen-bond acceptors (Lipinski definition) is 5. The van der Waals surface area contributed by atoms with Crippen LogP contribution in [-0.2, 0) is 27.5 Å². The van der Waals surface area contributed by atoms with E-state index in [4.69, 9.17) is 10.5 Å². The summed E-state index contributed by atoms with van der Waals surface area (Å²) in [6.45, 7) is 2.77. The predicted molar refractivity (Wildman–Crippen MR) is 153 cm³/mol. The zero-order chi connectivity index (χ0) is 30.0. The highest BCUT2D eigenvalue weighted by Crippen LogP contribution is 2.28. The van der Waals surface area contributed by atoms with Crippen LogP contribution >= 0.6 is 0 Å². The molecule has 41 heavy (non-hydrogen) atoms. The van der Waals surface area contributed by atoms with Gasteiger partial charge in [0, 0.05) is 36.7 Å². The quantitative estimate of drug-likeness (QED) is 0.227. The molecule has 1 atom stereocenters. The fraction of sp³-hybridized carbons (Fsp3) is 0.300. The van der Waals surface area contributed by atoms with E-state index in [9.17, 15) is 23.2 Å². The second-order valence-electron chi connectivity index (χ2n) is 10.2. The van der Waals surface area contributed by atoms with Crippen LogP contribution in [0, 0.1) is 11.6 Å². The molecule has 0 spiro atoms. The van der Waals surface area contributed by atoms with Crippen molar-refractivity contribution in [3.63, 3.8) is 0 Å². The van der Waals surface area contributed by atoms with E-state index in [1.165, 1.54) is 13.1 Å². The lowest BCUT2D eigenvalue weighted by Crippen LogP contribution is -2.51. The first-order valence-electron chi connectivity index (χ1n) is 13.0. The van der Waals surface area contributed by atoms with Gasteiger partial charge in [0.2, 0.25) is 11.8 Å². The maximum Gasteiger partial charge on any atom is 0.318 e. The summed E-state index contributed by atoms with van der Waals surface area (Å²) in [5.74, 6) is -2.54. The molecule has 0 aromatic heterocycles. The van der Waals surface area contributed by atoms with E-state index in [0.29, 0.717) is 5.69 Å². The van der Waals surface area contributed by atoms with Crippen molar-refractivity contribution in [1.82, 2.24) is 16.0 Å². The van der Waals surface area contributed by atoms with Gasteiger partial charge in [0.15, 0.2) is 0 Å². The van der Waals surface area contributed by atoms with Crippen LogP contribution in [-0.4, -0.2) is 43.1 Å². The van der Waals surface area contributed by atoms with Gasteiger partial charge in [-0.2, -0.15) is 0 Å². The number of nitrogens with two attached hydrogens (primary N) is 1. The van der Waals surface area contributed by atoms with Crippen LogP contribution in [0.2, 0.25) is 0 Å². The summed E-state index contributed by atoms with van der Waals surface area (Å²) >= 11 is 0. The minimum absolute atomic E-state index is 0.0452. The van der Waals surface area contributed by atoms with Crippen LogP contribution in [0.3, 0.4) is 0 Å². The van der Waals surface area contributed by atoms with Crippen molar-refractivity contribution in [2.24, 2.45) is 5.73 Å². The van der Waals surface area contributed by atoms with E-state index in [1.807, 2.05) is 42.5 Å². The van der Waals surface area contributed by atoms with Gasteiger partial charge in [-0.05, 0) is 43.2 Å². The van der Waals surface area contributed by atoms with Crippen molar-refractivity contribution in [1.29, 1.82) is 0 Å². The van der Waals surface area contributed by atoms with Crippen LogP contribution in [0.25, 0.3) is 11.1 Å². The van der Waals surface area contributed by atoms with E-state index >= 15 is 0 Å². The summed E-state index contributed by atoms with van der Waals surface area (Å²) in [4.78, 5) is 37.3. The van der Waals surface area contributed by atoms with Crippen molar-refractivity contribution in [3.05, 3.63) is 89.5 Å². The normalized spacial score (nSPS) is 11.9. The van der Waals surface area contributed by atoms with Crippen LogP contribution in [0.5, 0.6) is 0 Å². The molecular weight excluding hydrogens is 532 g/mol. The molecule has 6 N–H and O–H groups in total. The zero-order valence-corrected chi connectivity index (χ0v) is 23.2. The standard InChI is InChI=1S/C30H35F2N5O4/c1-30(2,33)15-27(38)36-26(18-41-17-22-23(31)8-6-9-24(22)32)28(39)35-16-19-11-13-20(14-12-19)21-7-4-5-10-25(21)37-29(40)34-3/h4-14,26H,15-18,33H2,1-3H3,(H,35,39)(H,36,38)(H2,34,37,40)/t26-/m1/s1. The molecule has 0 aliphatic carbocycles. The van der Waals surface area contributed by atoms with Crippen LogP contribution in [0.15, 0.2) is 66.7 Å². The molecule has 3 aromatic rings. The van der Waals surface area contributed by atoms with Crippen LogP contribution < -0.4 is 27.0 Å². The lowest BCUT2D eigenvalue weighted by atomic mass is 10.0. The molecule has 11 heteroatoms. The third-order valence-corrected chi connectivity index (χ3v) is 5.99. The van der Waals surface area contributed by atoms with Gasteiger partial charge in [-0.1, -0.05) is 48.5 Å². The van der Waals surface area contributed by atoms with Gasteiger partial charge in [0.05, 0.1) is 18.9 Å². The minimum Gasteiger partial charge on any atom is -0.374 e. The largest absolute Gasteiger partial charge is 0.374 e. The highest BCUT2D eigenvalue weighted by Gasteiger charge is 2.24. The molecular formula is C30H35F2N5O4. The van der Waals surface area contributed by atoms with Crippen molar-refractivity contribution < 1.29 is 27.9 Å². The third-order valence-electron chi connectivity index (χ3n) is 5.99. The molecule has 0 radical (unpaired) electrons. The van der Waals surface area contributed by atoms with Crippen molar-refractivity contribution in [2.45, 2.75) is 45.0 Å². The number of ether oxygens (including phenoxy) is 1.